The summed E-state index contributed by atoms with van der Waals surface area (Å²) in [5.41, 5.74) is 10.6. The molecule has 0 fully saturated rings. The lowest BCUT2D eigenvalue weighted by molar-refractivity contribution is -0.138. The van der Waals surface area contributed by atoms with Crippen LogP contribution < -0.4 is 0 Å². The number of likely N-dealkylation sites (N-methyl/N-ethyl adjacent to an activating group) is 2. The van der Waals surface area contributed by atoms with Gasteiger partial charge in [-0.25, -0.2) is 15.0 Å². The number of carboxylic acid groups (broad SMARTS) is 1. The molecule has 5 rings (SSSR count). The van der Waals surface area contributed by atoms with E-state index in [0.29, 0.717) is 49.0 Å². The van der Waals surface area contributed by atoms with E-state index in [1.807, 2.05) is 66.1 Å². The van der Waals surface area contributed by atoms with Gasteiger partial charge in [0.25, 0.3) is 0 Å². The Bertz CT molecular complexity index is 1840. The zero-order valence-electron chi connectivity index (χ0n) is 28.0. The number of pyridine rings is 3. The van der Waals surface area contributed by atoms with E-state index in [4.69, 9.17) is 15.0 Å². The van der Waals surface area contributed by atoms with Gasteiger partial charge in [0.15, 0.2) is 6.29 Å². The van der Waals surface area contributed by atoms with Crippen molar-refractivity contribution in [3.8, 4) is 45.0 Å². The van der Waals surface area contributed by atoms with E-state index in [2.05, 4.69) is 62.4 Å². The van der Waals surface area contributed by atoms with Crippen molar-refractivity contribution in [3.63, 3.8) is 0 Å². The van der Waals surface area contributed by atoms with Crippen molar-refractivity contribution < 1.29 is 20.1 Å². The maximum atomic E-state index is 11.5. The number of nitrogens with zero attached hydrogens (tertiary/aromatic N) is 5. The van der Waals surface area contributed by atoms with Crippen LogP contribution in [-0.2, 0) is 17.9 Å². The number of hydrogen-bond donors (Lipinski definition) is 3. The summed E-state index contributed by atoms with van der Waals surface area (Å²) in [6.45, 7) is 10.1. The third-order valence-electron chi connectivity index (χ3n) is 8.25. The lowest BCUT2D eigenvalue weighted by Crippen LogP contribution is -2.32. The number of carboxylic acids is 1. The molecule has 2 aromatic carbocycles. The fourth-order valence-corrected chi connectivity index (χ4v) is 5.61. The van der Waals surface area contributed by atoms with Gasteiger partial charge in [0.1, 0.15) is 0 Å². The fourth-order valence-electron chi connectivity index (χ4n) is 5.61. The first-order valence-electron chi connectivity index (χ1n) is 16.3. The van der Waals surface area contributed by atoms with Crippen LogP contribution in [0.2, 0.25) is 0 Å². The summed E-state index contributed by atoms with van der Waals surface area (Å²) in [4.78, 5) is 30.3. The molecular weight excluding hydrogens is 602 g/mol. The quantitative estimate of drug-likeness (QED) is 0.121. The zero-order valence-corrected chi connectivity index (χ0v) is 28.0. The smallest absolute Gasteiger partial charge is 0.317 e. The third kappa shape index (κ3) is 9.17. The highest BCUT2D eigenvalue weighted by Gasteiger charge is 2.16. The van der Waals surface area contributed by atoms with E-state index in [-0.39, 0.29) is 13.1 Å². The molecule has 0 saturated heterocycles. The van der Waals surface area contributed by atoms with E-state index in [1.54, 1.807) is 0 Å². The number of benzene rings is 2. The zero-order chi connectivity index (χ0) is 34.2. The maximum Gasteiger partial charge on any atom is 0.317 e. The van der Waals surface area contributed by atoms with Crippen LogP contribution in [0.5, 0.6) is 0 Å². The lowest BCUT2D eigenvalue weighted by atomic mass is 10.0. The number of hydrogen-bond acceptors (Lipinski definition) is 8. The molecule has 0 unspecified atom stereocenters. The van der Waals surface area contributed by atoms with E-state index in [0.717, 1.165) is 39.2 Å². The molecule has 5 aromatic rings. The molecule has 0 aliphatic rings. The molecule has 0 radical (unpaired) electrons. The van der Waals surface area contributed by atoms with E-state index >= 15 is 0 Å². The molecule has 3 heterocycles. The summed E-state index contributed by atoms with van der Waals surface area (Å²) < 4.78 is 0. The van der Waals surface area contributed by atoms with Crippen LogP contribution in [0.15, 0.2) is 91.0 Å². The van der Waals surface area contributed by atoms with Gasteiger partial charge in [-0.3, -0.25) is 14.6 Å². The molecule has 0 saturated carbocycles. The topological polar surface area (TPSA) is 123 Å². The molecule has 0 spiro atoms. The minimum Gasteiger partial charge on any atom is -0.480 e. The minimum absolute atomic E-state index is 0.0753. The SMILES string of the molecule is CCN(CC(=O)O)Cc1cc(-c2ccc(C)cc2)cc(-c2cccc(-c3cc(-c4ccc(C)cc4)cc(CN(CC)CC(O)O)n3)n2)n1. The van der Waals surface area contributed by atoms with Crippen LogP contribution in [0, 0.1) is 13.8 Å². The number of aryl methyl sites for hydroxylation is 2. The van der Waals surface area contributed by atoms with Crippen LogP contribution in [-0.4, -0.2) is 78.5 Å². The van der Waals surface area contributed by atoms with Crippen LogP contribution in [0.1, 0.15) is 36.4 Å². The Morgan fingerprint density at radius 2 is 1.08 bits per heavy atom. The Balaban J connectivity index is 1.59. The second-order valence-corrected chi connectivity index (χ2v) is 12.1. The molecule has 0 aliphatic heterocycles. The molecule has 0 bridgehead atoms. The Hall–Kier alpha value is -4.80. The van der Waals surface area contributed by atoms with E-state index < -0.39 is 12.3 Å². The first-order chi connectivity index (χ1) is 23.1. The summed E-state index contributed by atoms with van der Waals surface area (Å²) in [6, 6.07) is 30.5. The molecule has 3 aromatic heterocycles. The summed E-state index contributed by atoms with van der Waals surface area (Å²) in [7, 11) is 0. The summed E-state index contributed by atoms with van der Waals surface area (Å²) in [5, 5.41) is 28.7. The number of carbonyl (C=O) groups is 1. The van der Waals surface area contributed by atoms with Crippen LogP contribution in [0.4, 0.5) is 0 Å². The third-order valence-corrected chi connectivity index (χ3v) is 8.25. The van der Waals surface area contributed by atoms with Gasteiger partial charge in [-0.2, -0.15) is 0 Å². The van der Waals surface area contributed by atoms with Crippen molar-refractivity contribution in [2.45, 2.75) is 47.1 Å². The molecule has 248 valence electrons. The van der Waals surface area contributed by atoms with Gasteiger partial charge < -0.3 is 15.3 Å². The van der Waals surface area contributed by atoms with E-state index in [1.165, 1.54) is 5.56 Å². The number of aliphatic hydroxyl groups is 2. The molecule has 48 heavy (non-hydrogen) atoms. The highest BCUT2D eigenvalue weighted by Crippen LogP contribution is 2.30. The number of aliphatic carboxylic acids is 1. The van der Waals surface area contributed by atoms with Crippen molar-refractivity contribution in [1.29, 1.82) is 0 Å². The van der Waals surface area contributed by atoms with Gasteiger partial charge in [0, 0.05) is 19.6 Å². The standard InChI is InChI=1S/C39H43N5O4/c1-5-43(24-38(45)46)22-32-18-30(28-14-10-26(3)11-15-28)20-36(40-32)34-8-7-9-35(42-34)37-21-31(29-16-12-27(4)13-17-29)19-33(41-37)23-44(6-2)25-39(47)48/h7-21,38,45-46H,5-6,22-25H2,1-4H3,(H,47,48). The Labute approximate surface area is 282 Å². The first-order valence-corrected chi connectivity index (χ1v) is 16.3. The van der Waals surface area contributed by atoms with Gasteiger partial charge in [0.2, 0.25) is 0 Å². The largest absolute Gasteiger partial charge is 0.480 e. The molecule has 3 N–H and O–H groups in total. The molecular formula is C39H43N5O4. The van der Waals surface area contributed by atoms with Crippen LogP contribution >= 0.6 is 0 Å². The Morgan fingerprint density at radius 3 is 1.50 bits per heavy atom. The Morgan fingerprint density at radius 1 is 0.625 bits per heavy atom. The molecule has 0 aliphatic carbocycles. The minimum atomic E-state index is -1.44. The monoisotopic (exact) mass is 645 g/mol. The van der Waals surface area contributed by atoms with Gasteiger partial charge in [-0.15, -0.1) is 0 Å². The van der Waals surface area contributed by atoms with Crippen molar-refractivity contribution in [2.75, 3.05) is 26.2 Å². The second kappa shape index (κ2) is 15.9. The highest BCUT2D eigenvalue weighted by atomic mass is 16.5. The van der Waals surface area contributed by atoms with E-state index in [9.17, 15) is 20.1 Å². The average molecular weight is 646 g/mol. The second-order valence-electron chi connectivity index (χ2n) is 12.1. The maximum absolute atomic E-state index is 11.5. The summed E-state index contributed by atoms with van der Waals surface area (Å²) in [5.74, 6) is -0.879. The van der Waals surface area contributed by atoms with Crippen molar-refractivity contribution in [1.82, 2.24) is 24.8 Å². The molecule has 9 nitrogen and oxygen atoms in total. The molecule has 0 atom stereocenters. The molecule has 0 amide bonds. The summed E-state index contributed by atoms with van der Waals surface area (Å²) in [6.07, 6.45) is -1.44. The lowest BCUT2D eigenvalue weighted by Gasteiger charge is -2.21. The van der Waals surface area contributed by atoms with Crippen LogP contribution in [0.3, 0.4) is 0 Å². The predicted octanol–water partition coefficient (Wildman–Crippen LogP) is 6.20. The number of aromatic nitrogens is 3. The van der Waals surface area contributed by atoms with Crippen molar-refractivity contribution in [2.24, 2.45) is 0 Å². The predicted molar refractivity (Wildman–Crippen MR) is 189 cm³/mol. The highest BCUT2D eigenvalue weighted by molar-refractivity contribution is 5.73. The fraction of sp³-hybridized carbons (Fsp3) is 0.282. The van der Waals surface area contributed by atoms with Gasteiger partial charge in [-0.1, -0.05) is 79.6 Å². The van der Waals surface area contributed by atoms with Crippen molar-refractivity contribution in [3.05, 3.63) is 114 Å². The first kappa shape index (κ1) is 34.5. The van der Waals surface area contributed by atoms with Crippen LogP contribution in [0.25, 0.3) is 45.0 Å². The van der Waals surface area contributed by atoms with Gasteiger partial charge in [-0.05, 0) is 85.6 Å². The Kier molecular flexibility index (Phi) is 11.4. The number of rotatable bonds is 14. The number of aliphatic hydroxyl groups excluding tert-OH is 1. The van der Waals surface area contributed by atoms with Gasteiger partial charge >= 0.3 is 5.97 Å². The summed E-state index contributed by atoms with van der Waals surface area (Å²) >= 11 is 0. The van der Waals surface area contributed by atoms with Gasteiger partial charge in [0.05, 0.1) is 40.7 Å². The molecule has 9 heteroatoms. The normalized spacial score (nSPS) is 11.5. The van der Waals surface area contributed by atoms with Crippen molar-refractivity contribution >= 4 is 5.97 Å². The average Bonchev–Trinajstić information content (AvgIpc) is 3.07.